The molecule has 0 amide bonds. The largest absolute Gasteiger partial charge is 0.457 e. The summed E-state index contributed by atoms with van der Waals surface area (Å²) in [6.07, 6.45) is 0. The van der Waals surface area contributed by atoms with Crippen LogP contribution in [0, 0.1) is 11.6 Å². The van der Waals surface area contributed by atoms with Gasteiger partial charge in [-0.05, 0) is 36.9 Å². The molecule has 0 radical (unpaired) electrons. The maximum atomic E-state index is 13.4. The van der Waals surface area contributed by atoms with Gasteiger partial charge in [-0.1, -0.05) is 11.6 Å². The van der Waals surface area contributed by atoms with Gasteiger partial charge in [0, 0.05) is 18.7 Å². The van der Waals surface area contributed by atoms with Crippen LogP contribution in [-0.4, -0.2) is 7.05 Å². The van der Waals surface area contributed by atoms with Crippen molar-refractivity contribution < 1.29 is 13.5 Å². The zero-order valence-corrected chi connectivity index (χ0v) is 11.0. The molecular weight excluding hydrogens is 272 g/mol. The number of hydrogen-bond acceptors (Lipinski definition) is 2. The third kappa shape index (κ3) is 3.66. The van der Waals surface area contributed by atoms with E-state index in [1.165, 1.54) is 24.3 Å². The van der Waals surface area contributed by atoms with Crippen LogP contribution in [0.25, 0.3) is 0 Å². The molecular formula is C14H12ClF2NO. The van der Waals surface area contributed by atoms with Gasteiger partial charge in [0.05, 0.1) is 5.02 Å². The molecule has 2 nitrogen and oxygen atoms in total. The molecule has 0 saturated heterocycles. The number of halogens is 3. The Kier molecular flexibility index (Phi) is 4.35. The van der Waals surface area contributed by atoms with Crippen LogP contribution in [0.1, 0.15) is 5.56 Å². The van der Waals surface area contributed by atoms with Crippen molar-refractivity contribution in [2.24, 2.45) is 0 Å². The first kappa shape index (κ1) is 13.8. The van der Waals surface area contributed by atoms with Crippen molar-refractivity contribution in [3.8, 4) is 11.5 Å². The molecule has 0 heterocycles. The molecule has 0 bridgehead atoms. The van der Waals surface area contributed by atoms with E-state index in [9.17, 15) is 8.78 Å². The monoisotopic (exact) mass is 283 g/mol. The Bertz CT molecular complexity index is 590. The summed E-state index contributed by atoms with van der Waals surface area (Å²) in [5.41, 5.74) is 0.743. The highest BCUT2D eigenvalue weighted by molar-refractivity contribution is 6.30. The molecule has 0 aliphatic rings. The fraction of sp³-hybridized carbons (Fsp3) is 0.143. The van der Waals surface area contributed by atoms with Crippen LogP contribution < -0.4 is 10.1 Å². The predicted octanol–water partition coefficient (Wildman–Crippen LogP) is 4.13. The molecule has 19 heavy (non-hydrogen) atoms. The molecule has 0 atom stereocenters. The van der Waals surface area contributed by atoms with Crippen molar-refractivity contribution in [3.05, 3.63) is 58.6 Å². The third-order valence-corrected chi connectivity index (χ3v) is 2.75. The molecule has 0 fully saturated rings. The Morgan fingerprint density at radius 3 is 2.58 bits per heavy atom. The fourth-order valence-electron chi connectivity index (χ4n) is 1.66. The van der Waals surface area contributed by atoms with Crippen LogP contribution in [0.15, 0.2) is 36.4 Å². The fourth-order valence-corrected chi connectivity index (χ4v) is 1.78. The zero-order chi connectivity index (χ0) is 13.8. The van der Waals surface area contributed by atoms with Crippen molar-refractivity contribution in [2.45, 2.75) is 6.54 Å². The smallest absolute Gasteiger partial charge is 0.145 e. The average molecular weight is 284 g/mol. The molecule has 0 aromatic heterocycles. The lowest BCUT2D eigenvalue weighted by Crippen LogP contribution is -2.05. The summed E-state index contributed by atoms with van der Waals surface area (Å²) in [4.78, 5) is 0. The van der Waals surface area contributed by atoms with E-state index < -0.39 is 11.6 Å². The standard InChI is InChI=1S/C14H12ClF2NO/c1-18-8-9-4-10(16)6-12(5-9)19-11-2-3-13(15)14(17)7-11/h2-7,18H,8H2,1H3. The summed E-state index contributed by atoms with van der Waals surface area (Å²) in [5, 5.41) is 2.94. The quantitative estimate of drug-likeness (QED) is 0.911. The lowest BCUT2D eigenvalue weighted by Gasteiger charge is -2.08. The number of ether oxygens (including phenoxy) is 1. The molecule has 5 heteroatoms. The highest BCUT2D eigenvalue weighted by Gasteiger charge is 2.05. The lowest BCUT2D eigenvalue weighted by atomic mass is 10.2. The summed E-state index contributed by atoms with van der Waals surface area (Å²) in [7, 11) is 1.76. The molecule has 0 aliphatic heterocycles. The second-order valence-electron chi connectivity index (χ2n) is 4.00. The summed E-state index contributed by atoms with van der Waals surface area (Å²) in [5.74, 6) is -0.405. The highest BCUT2D eigenvalue weighted by atomic mass is 35.5. The number of benzene rings is 2. The molecule has 0 aliphatic carbocycles. The van der Waals surface area contributed by atoms with E-state index in [-0.39, 0.29) is 10.8 Å². The normalized spacial score (nSPS) is 10.5. The minimum Gasteiger partial charge on any atom is -0.457 e. The van der Waals surface area contributed by atoms with Crippen LogP contribution >= 0.6 is 11.6 Å². The van der Waals surface area contributed by atoms with Gasteiger partial charge in [0.15, 0.2) is 0 Å². The van der Waals surface area contributed by atoms with Gasteiger partial charge in [0.2, 0.25) is 0 Å². The molecule has 0 unspecified atom stereocenters. The minimum atomic E-state index is -0.578. The van der Waals surface area contributed by atoms with Gasteiger partial charge in [-0.2, -0.15) is 0 Å². The van der Waals surface area contributed by atoms with Crippen LogP contribution in [0.2, 0.25) is 5.02 Å². The Balaban J connectivity index is 2.24. The molecule has 2 rings (SSSR count). The van der Waals surface area contributed by atoms with Crippen LogP contribution in [0.4, 0.5) is 8.78 Å². The highest BCUT2D eigenvalue weighted by Crippen LogP contribution is 2.26. The number of rotatable bonds is 4. The Morgan fingerprint density at radius 2 is 1.89 bits per heavy atom. The zero-order valence-electron chi connectivity index (χ0n) is 10.2. The van der Waals surface area contributed by atoms with E-state index in [2.05, 4.69) is 5.32 Å². The van der Waals surface area contributed by atoms with E-state index in [4.69, 9.17) is 16.3 Å². The van der Waals surface area contributed by atoms with Gasteiger partial charge >= 0.3 is 0 Å². The average Bonchev–Trinajstić information content (AvgIpc) is 2.33. The molecule has 1 N–H and O–H groups in total. The van der Waals surface area contributed by atoms with E-state index >= 15 is 0 Å². The third-order valence-electron chi connectivity index (χ3n) is 2.44. The molecule has 0 saturated carbocycles. The summed E-state index contributed by atoms with van der Waals surface area (Å²) in [6.45, 7) is 0.517. The Hall–Kier alpha value is -1.65. The van der Waals surface area contributed by atoms with Gasteiger partial charge in [-0.25, -0.2) is 8.78 Å². The van der Waals surface area contributed by atoms with Crippen molar-refractivity contribution in [1.29, 1.82) is 0 Å². The van der Waals surface area contributed by atoms with Crippen LogP contribution in [-0.2, 0) is 6.54 Å². The van der Waals surface area contributed by atoms with Gasteiger partial charge < -0.3 is 10.1 Å². The van der Waals surface area contributed by atoms with Crippen LogP contribution in [0.5, 0.6) is 11.5 Å². The van der Waals surface area contributed by atoms with Crippen molar-refractivity contribution >= 4 is 11.6 Å². The molecule has 0 spiro atoms. The van der Waals surface area contributed by atoms with Crippen LogP contribution in [0.3, 0.4) is 0 Å². The van der Waals surface area contributed by atoms with E-state index in [1.54, 1.807) is 13.1 Å². The maximum Gasteiger partial charge on any atom is 0.145 e. The van der Waals surface area contributed by atoms with E-state index in [0.717, 1.165) is 11.6 Å². The number of nitrogens with one attached hydrogen (secondary N) is 1. The predicted molar refractivity (Wildman–Crippen MR) is 70.6 cm³/mol. The Labute approximate surface area is 115 Å². The second-order valence-corrected chi connectivity index (χ2v) is 4.41. The SMILES string of the molecule is CNCc1cc(F)cc(Oc2ccc(Cl)c(F)c2)c1. The lowest BCUT2D eigenvalue weighted by molar-refractivity contribution is 0.470. The van der Waals surface area contributed by atoms with Gasteiger partial charge in [-0.15, -0.1) is 0 Å². The maximum absolute atomic E-state index is 13.4. The Morgan fingerprint density at radius 1 is 1.11 bits per heavy atom. The first-order chi connectivity index (χ1) is 9.08. The van der Waals surface area contributed by atoms with E-state index in [0.29, 0.717) is 12.3 Å². The van der Waals surface area contributed by atoms with Crippen molar-refractivity contribution in [3.63, 3.8) is 0 Å². The minimum absolute atomic E-state index is 0.0162. The first-order valence-electron chi connectivity index (χ1n) is 5.65. The van der Waals surface area contributed by atoms with Crippen molar-refractivity contribution in [1.82, 2.24) is 5.32 Å². The van der Waals surface area contributed by atoms with Gasteiger partial charge in [0.1, 0.15) is 23.1 Å². The summed E-state index contributed by atoms with van der Waals surface area (Å²) >= 11 is 5.58. The van der Waals surface area contributed by atoms with Crippen molar-refractivity contribution in [2.75, 3.05) is 7.05 Å². The number of hydrogen-bond donors (Lipinski definition) is 1. The topological polar surface area (TPSA) is 21.3 Å². The summed E-state index contributed by atoms with van der Waals surface area (Å²) < 4.78 is 32.1. The first-order valence-corrected chi connectivity index (χ1v) is 6.03. The second kappa shape index (κ2) is 5.99. The molecule has 100 valence electrons. The van der Waals surface area contributed by atoms with Gasteiger partial charge in [-0.3, -0.25) is 0 Å². The molecule has 2 aromatic carbocycles. The van der Waals surface area contributed by atoms with Gasteiger partial charge in [0.25, 0.3) is 0 Å². The summed E-state index contributed by atoms with van der Waals surface area (Å²) in [6, 6.07) is 8.41. The molecule has 2 aromatic rings. The van der Waals surface area contributed by atoms with E-state index in [1.807, 2.05) is 0 Å².